The smallest absolute Gasteiger partial charge is 0.226 e. The summed E-state index contributed by atoms with van der Waals surface area (Å²) in [5.41, 5.74) is 1.35. The van der Waals surface area contributed by atoms with Crippen molar-refractivity contribution in [2.75, 3.05) is 24.5 Å². The van der Waals surface area contributed by atoms with Crippen LogP contribution in [0.1, 0.15) is 23.3 Å². The van der Waals surface area contributed by atoms with Gasteiger partial charge in [-0.3, -0.25) is 4.79 Å². The fraction of sp³-hybridized carbons (Fsp3) is 0.400. The first-order valence-electron chi connectivity index (χ1n) is 9.21. The molecule has 4 nitrogen and oxygen atoms in total. The summed E-state index contributed by atoms with van der Waals surface area (Å²) in [6.07, 6.45) is 4.77. The lowest BCUT2D eigenvalue weighted by atomic mass is 9.94. The number of nitrogens with zero attached hydrogens (tertiary/aromatic N) is 3. The van der Waals surface area contributed by atoms with Crippen molar-refractivity contribution >= 4 is 44.5 Å². The summed E-state index contributed by atoms with van der Waals surface area (Å²) >= 11 is 3.58. The Morgan fingerprint density at radius 1 is 1.08 bits per heavy atom. The van der Waals surface area contributed by atoms with Gasteiger partial charge in [-0.25, -0.2) is 4.98 Å². The van der Waals surface area contributed by atoms with Gasteiger partial charge in [0.1, 0.15) is 5.82 Å². The van der Waals surface area contributed by atoms with Crippen LogP contribution in [0.25, 0.3) is 10.1 Å². The van der Waals surface area contributed by atoms with E-state index in [9.17, 15) is 4.79 Å². The largest absolute Gasteiger partial charge is 0.356 e. The lowest BCUT2D eigenvalue weighted by molar-refractivity contribution is -0.137. The summed E-state index contributed by atoms with van der Waals surface area (Å²) in [4.78, 5) is 23.5. The van der Waals surface area contributed by atoms with Crippen LogP contribution in [0.3, 0.4) is 0 Å². The van der Waals surface area contributed by atoms with Gasteiger partial charge in [0.05, 0.1) is 0 Å². The Morgan fingerprint density at radius 2 is 1.92 bits per heavy atom. The molecular formula is C20H21N3OS2. The molecule has 1 saturated heterocycles. The number of piperidine rings is 1. The molecule has 5 heterocycles. The summed E-state index contributed by atoms with van der Waals surface area (Å²) in [6.45, 7) is 3.50. The maximum absolute atomic E-state index is 13.0. The Hall–Kier alpha value is -1.92. The molecule has 2 aliphatic heterocycles. The second kappa shape index (κ2) is 6.67. The van der Waals surface area contributed by atoms with Crippen molar-refractivity contribution in [3.05, 3.63) is 45.6 Å². The first kappa shape index (κ1) is 16.3. The molecule has 3 aromatic rings. The van der Waals surface area contributed by atoms with Crippen molar-refractivity contribution in [2.45, 2.75) is 25.8 Å². The van der Waals surface area contributed by atoms with E-state index < -0.39 is 0 Å². The molecule has 2 aliphatic rings. The van der Waals surface area contributed by atoms with Crippen LogP contribution < -0.4 is 4.90 Å². The van der Waals surface area contributed by atoms with E-state index in [2.05, 4.69) is 43.7 Å². The number of hydrogen-bond donors (Lipinski definition) is 0. The SMILES string of the molecule is O=C(C1CCN(c2nccc3sccc23)CC1)N1CCc2sccc2C1. The third kappa shape index (κ3) is 2.81. The predicted molar refractivity (Wildman–Crippen MR) is 108 cm³/mol. The van der Waals surface area contributed by atoms with Crippen molar-refractivity contribution in [1.82, 2.24) is 9.88 Å². The van der Waals surface area contributed by atoms with Crippen molar-refractivity contribution in [3.8, 4) is 0 Å². The molecule has 0 saturated carbocycles. The number of carbonyl (C=O) groups excluding carboxylic acids is 1. The monoisotopic (exact) mass is 383 g/mol. The number of anilines is 1. The van der Waals surface area contributed by atoms with Crippen LogP contribution in [0.2, 0.25) is 0 Å². The fourth-order valence-electron chi connectivity index (χ4n) is 4.16. The molecule has 0 unspecified atom stereocenters. The summed E-state index contributed by atoms with van der Waals surface area (Å²) in [5.74, 6) is 1.59. The second-order valence-corrected chi connectivity index (χ2v) is 9.06. The van der Waals surface area contributed by atoms with Crippen molar-refractivity contribution in [1.29, 1.82) is 0 Å². The number of aromatic nitrogens is 1. The van der Waals surface area contributed by atoms with Crippen molar-refractivity contribution in [2.24, 2.45) is 5.92 Å². The normalized spacial score (nSPS) is 18.3. The van der Waals surface area contributed by atoms with Gasteiger partial charge in [0, 0.05) is 53.3 Å². The molecule has 5 rings (SSSR count). The van der Waals surface area contributed by atoms with Crippen LogP contribution in [-0.4, -0.2) is 35.4 Å². The van der Waals surface area contributed by atoms with Crippen LogP contribution in [0.5, 0.6) is 0 Å². The van der Waals surface area contributed by atoms with Gasteiger partial charge in [-0.1, -0.05) is 0 Å². The minimum absolute atomic E-state index is 0.160. The highest BCUT2D eigenvalue weighted by molar-refractivity contribution is 7.17. The fourth-order valence-corrected chi connectivity index (χ4v) is 5.83. The number of rotatable bonds is 2. The van der Waals surface area contributed by atoms with E-state index in [0.717, 1.165) is 51.3 Å². The number of fused-ring (bicyclic) bond motifs is 2. The van der Waals surface area contributed by atoms with E-state index in [1.165, 1.54) is 20.5 Å². The van der Waals surface area contributed by atoms with Crippen LogP contribution in [0.15, 0.2) is 35.2 Å². The van der Waals surface area contributed by atoms with E-state index in [0.29, 0.717) is 5.91 Å². The minimum Gasteiger partial charge on any atom is -0.356 e. The summed E-state index contributed by atoms with van der Waals surface area (Å²) in [5, 5.41) is 5.51. The average molecular weight is 384 g/mol. The number of amides is 1. The standard InChI is InChI=1S/C20H21N3OS2/c24-20(23-10-4-17-15(13-23)5-11-25-17)14-2-8-22(9-3-14)19-16-6-12-26-18(16)1-7-21-19/h1,5-7,11-12,14H,2-4,8-10,13H2. The Morgan fingerprint density at radius 3 is 2.81 bits per heavy atom. The zero-order valence-electron chi connectivity index (χ0n) is 14.6. The first-order chi connectivity index (χ1) is 12.8. The molecule has 134 valence electrons. The third-order valence-corrected chi connectivity index (χ3v) is 7.53. The van der Waals surface area contributed by atoms with E-state index in [-0.39, 0.29) is 5.92 Å². The maximum Gasteiger partial charge on any atom is 0.226 e. The number of carbonyl (C=O) groups is 1. The Labute approximate surface area is 161 Å². The highest BCUT2D eigenvalue weighted by Crippen LogP contribution is 2.32. The molecule has 0 N–H and O–H groups in total. The van der Waals surface area contributed by atoms with E-state index in [1.807, 2.05) is 17.5 Å². The number of thiophene rings is 2. The van der Waals surface area contributed by atoms with Gasteiger partial charge < -0.3 is 9.80 Å². The van der Waals surface area contributed by atoms with Gasteiger partial charge in [0.15, 0.2) is 0 Å². The van der Waals surface area contributed by atoms with Crippen molar-refractivity contribution in [3.63, 3.8) is 0 Å². The Bertz CT molecular complexity index is 939. The zero-order valence-corrected chi connectivity index (χ0v) is 16.2. The lowest BCUT2D eigenvalue weighted by Gasteiger charge is -2.36. The molecule has 0 aromatic carbocycles. The Balaban J connectivity index is 1.26. The molecular weight excluding hydrogens is 362 g/mol. The molecule has 0 radical (unpaired) electrons. The molecule has 26 heavy (non-hydrogen) atoms. The van der Waals surface area contributed by atoms with Crippen LogP contribution in [0.4, 0.5) is 5.82 Å². The maximum atomic E-state index is 13.0. The highest BCUT2D eigenvalue weighted by atomic mass is 32.1. The highest BCUT2D eigenvalue weighted by Gasteiger charge is 2.31. The second-order valence-electron chi connectivity index (χ2n) is 7.11. The topological polar surface area (TPSA) is 36.4 Å². The molecule has 0 atom stereocenters. The molecule has 6 heteroatoms. The number of pyridine rings is 1. The van der Waals surface area contributed by atoms with E-state index >= 15 is 0 Å². The molecule has 0 spiro atoms. The number of hydrogen-bond acceptors (Lipinski definition) is 5. The van der Waals surface area contributed by atoms with Gasteiger partial charge >= 0.3 is 0 Å². The predicted octanol–water partition coefficient (Wildman–Crippen LogP) is 4.16. The molecule has 1 fully saturated rings. The van der Waals surface area contributed by atoms with E-state index in [1.54, 1.807) is 11.3 Å². The summed E-state index contributed by atoms with van der Waals surface area (Å²) in [6, 6.07) is 6.41. The van der Waals surface area contributed by atoms with Gasteiger partial charge in [-0.05, 0) is 53.8 Å². The van der Waals surface area contributed by atoms with Gasteiger partial charge in [0.25, 0.3) is 0 Å². The first-order valence-corrected chi connectivity index (χ1v) is 11.0. The third-order valence-electron chi connectivity index (χ3n) is 5.62. The van der Waals surface area contributed by atoms with Crippen LogP contribution in [-0.2, 0) is 17.8 Å². The molecule has 0 aliphatic carbocycles. The van der Waals surface area contributed by atoms with Crippen LogP contribution in [0, 0.1) is 5.92 Å². The average Bonchev–Trinajstić information content (AvgIpc) is 3.35. The quantitative estimate of drug-likeness (QED) is 0.667. The summed E-state index contributed by atoms with van der Waals surface area (Å²) < 4.78 is 1.29. The zero-order chi connectivity index (χ0) is 17.5. The minimum atomic E-state index is 0.160. The molecule has 1 amide bonds. The van der Waals surface area contributed by atoms with Crippen molar-refractivity contribution < 1.29 is 4.79 Å². The van der Waals surface area contributed by atoms with E-state index in [4.69, 9.17) is 0 Å². The molecule has 3 aromatic heterocycles. The van der Waals surface area contributed by atoms with Crippen LogP contribution >= 0.6 is 22.7 Å². The van der Waals surface area contributed by atoms with Gasteiger partial charge in [-0.15, -0.1) is 22.7 Å². The molecule has 0 bridgehead atoms. The summed E-state index contributed by atoms with van der Waals surface area (Å²) in [7, 11) is 0. The van der Waals surface area contributed by atoms with Gasteiger partial charge in [-0.2, -0.15) is 0 Å². The Kier molecular flexibility index (Phi) is 4.17. The van der Waals surface area contributed by atoms with Gasteiger partial charge in [0.2, 0.25) is 5.91 Å². The lowest BCUT2D eigenvalue weighted by Crippen LogP contribution is -2.44.